The van der Waals surface area contributed by atoms with Gasteiger partial charge in [0.05, 0.1) is 19.2 Å². The second kappa shape index (κ2) is 16.9. The topological polar surface area (TPSA) is 75.7 Å². The van der Waals surface area contributed by atoms with Crippen LogP contribution >= 0.6 is 0 Å². The van der Waals surface area contributed by atoms with Crippen molar-refractivity contribution in [2.24, 2.45) is 0 Å². The number of esters is 1. The van der Waals surface area contributed by atoms with Gasteiger partial charge in [-0.05, 0) is 66.2 Å². The van der Waals surface area contributed by atoms with Gasteiger partial charge in [0.25, 0.3) is 0 Å². The van der Waals surface area contributed by atoms with Crippen molar-refractivity contribution in [1.29, 1.82) is 0 Å². The number of carbonyl (C=O) groups is 3. The number of benzene rings is 5. The zero-order valence-electron chi connectivity index (χ0n) is 24.6. The molecule has 2 amide bonds. The molecule has 0 saturated carbocycles. The number of anilines is 2. The van der Waals surface area contributed by atoms with Crippen molar-refractivity contribution in [3.8, 4) is 23.7 Å². The number of nitrogens with zero attached hydrogens (tertiary/aromatic N) is 1. The highest BCUT2D eigenvalue weighted by Crippen LogP contribution is 2.18. The number of rotatable bonds is 5. The predicted molar refractivity (Wildman–Crippen MR) is 177 cm³/mol. The molecule has 5 aromatic carbocycles. The summed E-state index contributed by atoms with van der Waals surface area (Å²) in [5, 5.41) is 2.70. The fourth-order valence-electron chi connectivity index (χ4n) is 4.03. The Hall–Kier alpha value is -6.37. The van der Waals surface area contributed by atoms with Gasteiger partial charge in [-0.25, -0.2) is 4.79 Å². The molecular formula is C39H30N2O4. The summed E-state index contributed by atoms with van der Waals surface area (Å²) >= 11 is 0. The molecule has 45 heavy (non-hydrogen) atoms. The molecule has 0 aromatic heterocycles. The number of para-hydroxylation sites is 2. The van der Waals surface area contributed by atoms with Crippen LogP contribution < -0.4 is 10.2 Å². The fraction of sp³-hybridized carbons (Fsp3) is 0.0513. The van der Waals surface area contributed by atoms with E-state index < -0.39 is 5.97 Å². The lowest BCUT2D eigenvalue weighted by molar-refractivity contribution is -0.113. The first-order valence-electron chi connectivity index (χ1n) is 14.1. The van der Waals surface area contributed by atoms with E-state index in [0.717, 1.165) is 28.1 Å². The van der Waals surface area contributed by atoms with Crippen LogP contribution in [0, 0.1) is 23.7 Å². The number of ether oxygens (including phenoxy) is 1. The summed E-state index contributed by atoms with van der Waals surface area (Å²) in [4.78, 5) is 37.7. The zero-order valence-corrected chi connectivity index (χ0v) is 24.6. The maximum Gasteiger partial charge on any atom is 0.337 e. The second-order valence-electron chi connectivity index (χ2n) is 9.47. The predicted octanol–water partition coefficient (Wildman–Crippen LogP) is 6.73. The molecule has 0 aliphatic rings. The molecule has 6 heteroatoms. The third-order valence-corrected chi connectivity index (χ3v) is 6.22. The maximum absolute atomic E-state index is 12.9. The van der Waals surface area contributed by atoms with Crippen molar-refractivity contribution in [3.63, 3.8) is 0 Å². The molecular weight excluding hydrogens is 560 g/mol. The number of hydrogen-bond acceptors (Lipinski definition) is 4. The van der Waals surface area contributed by atoms with Crippen molar-refractivity contribution in [3.05, 3.63) is 168 Å². The summed E-state index contributed by atoms with van der Waals surface area (Å²) in [6, 6.07) is 44.4. The lowest BCUT2D eigenvalue weighted by atomic mass is 10.1. The van der Waals surface area contributed by atoms with Crippen LogP contribution in [0.25, 0.3) is 0 Å². The Morgan fingerprint density at radius 3 is 1.76 bits per heavy atom. The number of amides is 2. The minimum atomic E-state index is -0.414. The van der Waals surface area contributed by atoms with E-state index in [4.69, 9.17) is 4.74 Å². The molecule has 5 aromatic rings. The summed E-state index contributed by atoms with van der Waals surface area (Å²) in [7, 11) is 1.34. The smallest absolute Gasteiger partial charge is 0.337 e. The molecule has 5 rings (SSSR count). The van der Waals surface area contributed by atoms with Crippen LogP contribution in [-0.2, 0) is 20.9 Å². The molecule has 0 heterocycles. The highest BCUT2D eigenvalue weighted by atomic mass is 16.5. The Morgan fingerprint density at radius 2 is 1.18 bits per heavy atom. The van der Waals surface area contributed by atoms with Gasteiger partial charge < -0.3 is 10.1 Å². The summed E-state index contributed by atoms with van der Waals surface area (Å²) in [5.74, 6) is 9.93. The summed E-state index contributed by atoms with van der Waals surface area (Å²) in [6.45, 7) is 0.289. The average molecular weight is 591 g/mol. The molecule has 0 unspecified atom stereocenters. The molecule has 0 atom stereocenters. The van der Waals surface area contributed by atoms with Crippen molar-refractivity contribution in [2.45, 2.75) is 6.54 Å². The molecule has 1 N–H and O–H groups in total. The summed E-state index contributed by atoms with van der Waals surface area (Å²) in [6.07, 6.45) is 0. The molecule has 6 nitrogen and oxygen atoms in total. The van der Waals surface area contributed by atoms with Crippen molar-refractivity contribution < 1.29 is 19.1 Å². The Labute approximate surface area is 263 Å². The number of hydrogen-bond donors (Lipinski definition) is 1. The highest BCUT2D eigenvalue weighted by Gasteiger charge is 2.15. The molecule has 0 bridgehead atoms. The molecule has 0 saturated heterocycles. The third kappa shape index (κ3) is 10.4. The van der Waals surface area contributed by atoms with E-state index in [1.54, 1.807) is 23.1 Å². The van der Waals surface area contributed by atoms with E-state index in [9.17, 15) is 14.4 Å². The van der Waals surface area contributed by atoms with E-state index in [0.29, 0.717) is 5.56 Å². The van der Waals surface area contributed by atoms with E-state index >= 15 is 0 Å². The van der Waals surface area contributed by atoms with Crippen molar-refractivity contribution in [2.75, 3.05) is 17.3 Å². The first-order valence-corrected chi connectivity index (χ1v) is 14.1. The Bertz CT molecular complexity index is 1830. The molecule has 220 valence electrons. The first kappa shape index (κ1) is 31.6. The Kier molecular flexibility index (Phi) is 11.9. The van der Waals surface area contributed by atoms with Crippen LogP contribution in [0.1, 0.15) is 27.0 Å². The van der Waals surface area contributed by atoms with Gasteiger partial charge in [-0.1, -0.05) is 96.8 Å². The van der Waals surface area contributed by atoms with Gasteiger partial charge in [-0.15, -0.1) is 0 Å². The fourth-order valence-corrected chi connectivity index (χ4v) is 4.03. The van der Waals surface area contributed by atoms with Crippen LogP contribution in [0.15, 0.2) is 146 Å². The average Bonchev–Trinajstić information content (AvgIpc) is 3.10. The van der Waals surface area contributed by atoms with Crippen molar-refractivity contribution >= 4 is 29.2 Å². The third-order valence-electron chi connectivity index (χ3n) is 6.22. The largest absolute Gasteiger partial charge is 0.465 e. The highest BCUT2D eigenvalue weighted by molar-refractivity contribution is 6.06. The summed E-state index contributed by atoms with van der Waals surface area (Å²) < 4.78 is 4.77. The van der Waals surface area contributed by atoms with Crippen LogP contribution in [0.2, 0.25) is 0 Å². The van der Waals surface area contributed by atoms with E-state index in [1.165, 1.54) is 7.11 Å². The molecule has 0 spiro atoms. The molecule has 0 aliphatic heterocycles. The second-order valence-corrected chi connectivity index (χ2v) is 9.47. The molecule has 0 radical (unpaired) electrons. The Morgan fingerprint density at radius 1 is 0.644 bits per heavy atom. The van der Waals surface area contributed by atoms with E-state index in [2.05, 4.69) is 29.0 Å². The van der Waals surface area contributed by atoms with E-state index in [-0.39, 0.29) is 18.4 Å². The number of nitrogens with one attached hydrogen (secondary N) is 1. The molecule has 0 fully saturated rings. The van der Waals surface area contributed by atoms with Gasteiger partial charge in [0.1, 0.15) is 0 Å². The van der Waals surface area contributed by atoms with Gasteiger partial charge in [0.2, 0.25) is 0 Å². The van der Waals surface area contributed by atoms with Crippen LogP contribution in [0.4, 0.5) is 11.4 Å². The van der Waals surface area contributed by atoms with Gasteiger partial charge in [0, 0.05) is 34.3 Å². The quantitative estimate of drug-likeness (QED) is 0.182. The van der Waals surface area contributed by atoms with Crippen LogP contribution in [0.5, 0.6) is 0 Å². The number of methoxy groups -OCH3 is 1. The van der Waals surface area contributed by atoms with Gasteiger partial charge in [-0.3, -0.25) is 14.5 Å². The van der Waals surface area contributed by atoms with Gasteiger partial charge in [-0.2, -0.15) is 0 Å². The summed E-state index contributed by atoms with van der Waals surface area (Å²) in [5.41, 5.74) is 4.34. The minimum Gasteiger partial charge on any atom is -0.465 e. The lowest BCUT2D eigenvalue weighted by Gasteiger charge is -2.20. The monoisotopic (exact) mass is 590 g/mol. The van der Waals surface area contributed by atoms with Gasteiger partial charge >= 0.3 is 17.8 Å². The minimum absolute atomic E-state index is 0.289. The van der Waals surface area contributed by atoms with Crippen LogP contribution in [0.3, 0.4) is 0 Å². The Balaban J connectivity index is 0.000000231. The van der Waals surface area contributed by atoms with Crippen LogP contribution in [-0.4, -0.2) is 24.9 Å². The molecule has 0 aliphatic carbocycles. The first-order chi connectivity index (χ1) is 22.0. The van der Waals surface area contributed by atoms with Crippen molar-refractivity contribution in [1.82, 2.24) is 0 Å². The maximum atomic E-state index is 12.9. The van der Waals surface area contributed by atoms with Gasteiger partial charge in [0.15, 0.2) is 0 Å². The zero-order chi connectivity index (χ0) is 31.7. The van der Waals surface area contributed by atoms with E-state index in [1.807, 2.05) is 127 Å². The number of carbonyl (C=O) groups excluding carboxylic acids is 3. The standard InChI is InChI=1S/C24H19NO3.C15H11NO/c1-28-24(27)21-12-8-11-20(17-21)18-25(22-13-6-3-7-14-22)23(26)16-15-19-9-4-2-5-10-19;17-15(16-14-9-5-2-6-10-14)12-11-13-7-3-1-4-8-13/h2-14,17H,18H2,1H3;1-10H,(H,16,17). The normalized spacial score (nSPS) is 9.44. The SMILES string of the molecule is COC(=O)c1cccc(CN(C(=O)C#Cc2ccccc2)c2ccccc2)c1.O=C(C#Cc1ccccc1)Nc1ccccc1. The lowest BCUT2D eigenvalue weighted by Crippen LogP contribution is -2.29.